The van der Waals surface area contributed by atoms with Crippen LogP contribution in [0, 0.1) is 0 Å². The number of sulfone groups is 1. The van der Waals surface area contributed by atoms with Crippen molar-refractivity contribution in [2.75, 3.05) is 25.1 Å². The average molecular weight is 398 g/mol. The molecule has 1 atom stereocenters. The molecule has 1 aromatic heterocycles. The van der Waals surface area contributed by atoms with Crippen molar-refractivity contribution in [3.8, 4) is 0 Å². The van der Waals surface area contributed by atoms with E-state index in [1.807, 2.05) is 0 Å². The Bertz CT molecular complexity index is 859. The normalized spacial score (nSPS) is 23.8. The Morgan fingerprint density at radius 1 is 1.46 bits per heavy atom. The van der Waals surface area contributed by atoms with Crippen molar-refractivity contribution in [3.63, 3.8) is 0 Å². The summed E-state index contributed by atoms with van der Waals surface area (Å²) in [5.74, 6) is -0.247. The lowest BCUT2D eigenvalue weighted by molar-refractivity contribution is -0.132. The number of thioether (sulfide) groups is 1. The van der Waals surface area contributed by atoms with E-state index in [2.05, 4.69) is 0 Å². The van der Waals surface area contributed by atoms with Crippen molar-refractivity contribution in [3.05, 3.63) is 29.1 Å². The molecule has 3 heterocycles. The van der Waals surface area contributed by atoms with Gasteiger partial charge in [-0.2, -0.15) is 0 Å². The molecular formula is C16H18N2O6S2. The number of amides is 3. The molecule has 10 heteroatoms. The van der Waals surface area contributed by atoms with Crippen LogP contribution < -0.4 is 0 Å². The first-order valence-corrected chi connectivity index (χ1v) is 10.7. The van der Waals surface area contributed by atoms with Crippen molar-refractivity contribution >= 4 is 44.7 Å². The second-order valence-electron chi connectivity index (χ2n) is 6.16. The lowest BCUT2D eigenvalue weighted by Crippen LogP contribution is -2.40. The standard InChI is InChI=1S/C16H18N2O6S2/c1-17(11-5-8-26(22,23)10-11)14(19)4-6-18-15(20)13(25-16(18)21)9-12-3-2-7-24-12/h2-3,7,9,11H,4-6,8,10H2,1H3/b13-9-. The van der Waals surface area contributed by atoms with Crippen LogP contribution >= 0.6 is 11.8 Å². The Hall–Kier alpha value is -2.07. The number of hydrogen-bond acceptors (Lipinski definition) is 7. The minimum atomic E-state index is -3.09. The maximum absolute atomic E-state index is 12.3. The van der Waals surface area contributed by atoms with Crippen LogP contribution in [-0.4, -0.2) is 66.4 Å². The van der Waals surface area contributed by atoms with Crippen molar-refractivity contribution in [2.45, 2.75) is 18.9 Å². The van der Waals surface area contributed by atoms with Gasteiger partial charge in [-0.25, -0.2) is 8.42 Å². The fraction of sp³-hybridized carbons (Fsp3) is 0.438. The van der Waals surface area contributed by atoms with Crippen LogP contribution in [0.15, 0.2) is 27.7 Å². The molecule has 1 unspecified atom stereocenters. The molecule has 3 amide bonds. The second-order valence-corrected chi connectivity index (χ2v) is 9.38. The van der Waals surface area contributed by atoms with Gasteiger partial charge in [0.05, 0.1) is 22.7 Å². The molecule has 3 rings (SSSR count). The zero-order valence-corrected chi connectivity index (χ0v) is 15.7. The van der Waals surface area contributed by atoms with Crippen molar-refractivity contribution < 1.29 is 27.2 Å². The van der Waals surface area contributed by atoms with Gasteiger partial charge in [-0.1, -0.05) is 0 Å². The van der Waals surface area contributed by atoms with Crippen LogP contribution in [0.4, 0.5) is 4.79 Å². The Labute approximate surface area is 155 Å². The highest BCUT2D eigenvalue weighted by Gasteiger charge is 2.37. The molecule has 2 aliphatic rings. The summed E-state index contributed by atoms with van der Waals surface area (Å²) in [5, 5.41) is -0.438. The van der Waals surface area contributed by atoms with Gasteiger partial charge in [-0.05, 0) is 30.3 Å². The number of imide groups is 1. The van der Waals surface area contributed by atoms with Gasteiger partial charge in [0, 0.05) is 32.1 Å². The van der Waals surface area contributed by atoms with Gasteiger partial charge in [0.25, 0.3) is 11.1 Å². The van der Waals surface area contributed by atoms with Crippen LogP contribution in [0.5, 0.6) is 0 Å². The largest absolute Gasteiger partial charge is 0.465 e. The van der Waals surface area contributed by atoms with Gasteiger partial charge in [0.1, 0.15) is 5.76 Å². The minimum Gasteiger partial charge on any atom is -0.465 e. The summed E-state index contributed by atoms with van der Waals surface area (Å²) in [6.45, 7) is -0.0389. The fourth-order valence-corrected chi connectivity index (χ4v) is 5.48. The predicted molar refractivity (Wildman–Crippen MR) is 95.8 cm³/mol. The zero-order valence-electron chi connectivity index (χ0n) is 14.1. The van der Waals surface area contributed by atoms with Crippen LogP contribution in [0.25, 0.3) is 6.08 Å². The number of nitrogens with zero attached hydrogens (tertiary/aromatic N) is 2. The zero-order chi connectivity index (χ0) is 18.9. The maximum atomic E-state index is 12.3. The molecule has 1 aromatic rings. The number of furan rings is 1. The van der Waals surface area contributed by atoms with Crippen LogP contribution in [0.2, 0.25) is 0 Å². The van der Waals surface area contributed by atoms with E-state index in [0.717, 1.165) is 16.7 Å². The molecule has 26 heavy (non-hydrogen) atoms. The minimum absolute atomic E-state index is 0.0389. The van der Waals surface area contributed by atoms with Crippen molar-refractivity contribution in [1.29, 1.82) is 0 Å². The summed E-state index contributed by atoms with van der Waals surface area (Å²) < 4.78 is 28.2. The number of carbonyl (C=O) groups excluding carboxylic acids is 3. The maximum Gasteiger partial charge on any atom is 0.293 e. The van der Waals surface area contributed by atoms with Gasteiger partial charge in [-0.15, -0.1) is 0 Å². The highest BCUT2D eigenvalue weighted by Crippen LogP contribution is 2.32. The summed E-state index contributed by atoms with van der Waals surface area (Å²) in [7, 11) is -1.53. The van der Waals surface area contributed by atoms with E-state index in [-0.39, 0.29) is 41.3 Å². The van der Waals surface area contributed by atoms with Crippen molar-refractivity contribution in [2.24, 2.45) is 0 Å². The lowest BCUT2D eigenvalue weighted by Gasteiger charge is -2.24. The van der Waals surface area contributed by atoms with Gasteiger partial charge >= 0.3 is 0 Å². The van der Waals surface area contributed by atoms with E-state index < -0.39 is 21.0 Å². The summed E-state index contributed by atoms with van der Waals surface area (Å²) in [6.07, 6.45) is 3.33. The van der Waals surface area contributed by atoms with Crippen LogP contribution in [0.1, 0.15) is 18.6 Å². The molecule has 0 saturated carbocycles. The quantitative estimate of drug-likeness (QED) is 0.690. The molecule has 140 valence electrons. The third-order valence-electron chi connectivity index (χ3n) is 4.39. The summed E-state index contributed by atoms with van der Waals surface area (Å²) in [5.41, 5.74) is 0. The third kappa shape index (κ3) is 4.01. The van der Waals surface area contributed by atoms with E-state index in [0.29, 0.717) is 12.2 Å². The molecule has 2 fully saturated rings. The molecule has 0 aromatic carbocycles. The number of rotatable bonds is 5. The van der Waals surface area contributed by atoms with Gasteiger partial charge in [-0.3, -0.25) is 19.3 Å². The Balaban J connectivity index is 1.58. The monoisotopic (exact) mass is 398 g/mol. The van der Waals surface area contributed by atoms with Crippen LogP contribution in [-0.2, 0) is 19.4 Å². The molecule has 0 aliphatic carbocycles. The smallest absolute Gasteiger partial charge is 0.293 e. The lowest BCUT2D eigenvalue weighted by atomic mass is 10.2. The van der Waals surface area contributed by atoms with E-state index >= 15 is 0 Å². The predicted octanol–water partition coefficient (Wildman–Crippen LogP) is 1.35. The molecule has 2 aliphatic heterocycles. The molecule has 2 saturated heterocycles. The Morgan fingerprint density at radius 3 is 2.85 bits per heavy atom. The molecule has 0 radical (unpaired) electrons. The molecule has 0 N–H and O–H groups in total. The highest BCUT2D eigenvalue weighted by atomic mass is 32.2. The number of hydrogen-bond donors (Lipinski definition) is 0. The molecular weight excluding hydrogens is 380 g/mol. The third-order valence-corrected chi connectivity index (χ3v) is 7.05. The Kier molecular flexibility index (Phi) is 5.24. The average Bonchev–Trinajstić information content (AvgIpc) is 3.27. The first-order valence-electron chi connectivity index (χ1n) is 8.02. The van der Waals surface area contributed by atoms with Crippen LogP contribution in [0.3, 0.4) is 0 Å². The highest BCUT2D eigenvalue weighted by molar-refractivity contribution is 8.18. The summed E-state index contributed by atoms with van der Waals surface area (Å²) in [4.78, 5) is 39.3. The first-order chi connectivity index (χ1) is 12.3. The van der Waals surface area contributed by atoms with Gasteiger partial charge < -0.3 is 9.32 Å². The number of carbonyl (C=O) groups is 3. The van der Waals surface area contributed by atoms with Gasteiger partial charge in [0.2, 0.25) is 5.91 Å². The summed E-state index contributed by atoms with van der Waals surface area (Å²) >= 11 is 0.799. The first kappa shape index (κ1) is 18.7. The van der Waals surface area contributed by atoms with E-state index in [9.17, 15) is 22.8 Å². The van der Waals surface area contributed by atoms with Crippen molar-refractivity contribution in [1.82, 2.24) is 9.80 Å². The van der Waals surface area contributed by atoms with E-state index in [4.69, 9.17) is 4.42 Å². The second kappa shape index (κ2) is 7.28. The molecule has 0 spiro atoms. The fourth-order valence-electron chi connectivity index (χ4n) is 2.86. The van der Waals surface area contributed by atoms with E-state index in [1.165, 1.54) is 17.2 Å². The summed E-state index contributed by atoms with van der Waals surface area (Å²) in [6, 6.07) is 3.00. The van der Waals surface area contributed by atoms with Gasteiger partial charge in [0.15, 0.2) is 9.84 Å². The topological polar surface area (TPSA) is 105 Å². The SMILES string of the molecule is CN(C(=O)CCN1C(=O)S/C(=C\c2ccco2)C1=O)C1CCS(=O)(=O)C1. The molecule has 8 nitrogen and oxygen atoms in total. The van der Waals surface area contributed by atoms with E-state index in [1.54, 1.807) is 19.2 Å². The Morgan fingerprint density at radius 2 is 2.23 bits per heavy atom. The molecule has 0 bridgehead atoms.